The molecule has 3 heterocycles. The van der Waals surface area contributed by atoms with Crippen molar-refractivity contribution in [2.75, 3.05) is 19.3 Å². The van der Waals surface area contributed by atoms with Crippen molar-refractivity contribution in [1.29, 1.82) is 0 Å². The lowest BCUT2D eigenvalue weighted by molar-refractivity contribution is -0.384. The summed E-state index contributed by atoms with van der Waals surface area (Å²) in [6.45, 7) is 0.806. The third-order valence-corrected chi connectivity index (χ3v) is 7.68. The van der Waals surface area contributed by atoms with E-state index in [0.717, 1.165) is 6.26 Å². The van der Waals surface area contributed by atoms with Gasteiger partial charge in [-0.3, -0.25) is 14.9 Å². The summed E-state index contributed by atoms with van der Waals surface area (Å²) in [5.41, 5.74) is 1.02. The Labute approximate surface area is 221 Å². The van der Waals surface area contributed by atoms with Crippen molar-refractivity contribution in [1.82, 2.24) is 24.6 Å². The number of sulfone groups is 1. The molecule has 0 radical (unpaired) electrons. The highest BCUT2D eigenvalue weighted by atomic mass is 35.5. The number of benzene rings is 2. The van der Waals surface area contributed by atoms with E-state index in [-0.39, 0.29) is 33.2 Å². The second-order valence-corrected chi connectivity index (χ2v) is 11.2. The zero-order valence-corrected chi connectivity index (χ0v) is 21.6. The van der Waals surface area contributed by atoms with Crippen LogP contribution in [0.2, 0.25) is 5.02 Å². The Hall–Kier alpha value is -4.10. The van der Waals surface area contributed by atoms with Gasteiger partial charge in [0.25, 0.3) is 11.6 Å². The van der Waals surface area contributed by atoms with E-state index in [2.05, 4.69) is 15.1 Å². The zero-order chi connectivity index (χ0) is 27.0. The van der Waals surface area contributed by atoms with Gasteiger partial charge in [-0.2, -0.15) is 5.10 Å². The number of halogens is 1. The number of likely N-dealkylation sites (tertiary alicyclic amines) is 1. The Morgan fingerprint density at radius 2 is 1.84 bits per heavy atom. The summed E-state index contributed by atoms with van der Waals surface area (Å²) in [7, 11) is -3.32. The number of carbonyl (C=O) groups is 1. The number of rotatable bonds is 6. The summed E-state index contributed by atoms with van der Waals surface area (Å²) in [4.78, 5) is 33.8. The first-order valence-electron chi connectivity index (χ1n) is 11.5. The van der Waals surface area contributed by atoms with E-state index in [0.29, 0.717) is 48.5 Å². The molecule has 196 valence electrons. The van der Waals surface area contributed by atoms with Crippen LogP contribution in [0.5, 0.6) is 5.88 Å². The lowest BCUT2D eigenvalue weighted by atomic mass is 10.1. The minimum atomic E-state index is -3.32. The number of piperidine rings is 1. The van der Waals surface area contributed by atoms with Gasteiger partial charge in [-0.25, -0.2) is 23.1 Å². The van der Waals surface area contributed by atoms with Crippen LogP contribution in [-0.4, -0.2) is 69.3 Å². The molecule has 0 aliphatic carbocycles. The summed E-state index contributed by atoms with van der Waals surface area (Å²) in [5.74, 6) is 0.0444. The first-order valence-corrected chi connectivity index (χ1v) is 13.8. The smallest absolute Gasteiger partial charge is 0.288 e. The van der Waals surface area contributed by atoms with Crippen molar-refractivity contribution < 1.29 is 22.9 Å². The number of hydrogen-bond donors (Lipinski definition) is 0. The summed E-state index contributed by atoms with van der Waals surface area (Å²) in [5, 5.41) is 16.1. The predicted molar refractivity (Wildman–Crippen MR) is 137 cm³/mol. The molecule has 12 nitrogen and oxygen atoms in total. The summed E-state index contributed by atoms with van der Waals surface area (Å²) in [6.07, 6.45) is 4.96. The fraction of sp³-hybridized carbons (Fsp3) is 0.250. The van der Waals surface area contributed by atoms with Crippen molar-refractivity contribution in [2.24, 2.45) is 0 Å². The number of aromatic nitrogens is 4. The zero-order valence-electron chi connectivity index (χ0n) is 20.0. The normalized spacial score (nSPS) is 14.5. The van der Waals surface area contributed by atoms with Crippen molar-refractivity contribution >= 4 is 44.1 Å². The van der Waals surface area contributed by atoms with Gasteiger partial charge in [0.05, 0.1) is 21.7 Å². The number of carbonyl (C=O) groups excluding carboxylic acids is 1. The van der Waals surface area contributed by atoms with Crippen molar-refractivity contribution in [3.63, 3.8) is 0 Å². The molecule has 0 spiro atoms. The Kier molecular flexibility index (Phi) is 6.71. The topological polar surface area (TPSA) is 150 Å². The second-order valence-electron chi connectivity index (χ2n) is 8.77. The molecule has 1 amide bonds. The average molecular weight is 557 g/mol. The van der Waals surface area contributed by atoms with Crippen molar-refractivity contribution in [2.45, 2.75) is 23.8 Å². The molecule has 2 aromatic carbocycles. The van der Waals surface area contributed by atoms with Crippen LogP contribution >= 0.6 is 11.6 Å². The van der Waals surface area contributed by atoms with E-state index >= 15 is 0 Å². The summed E-state index contributed by atoms with van der Waals surface area (Å²) >= 11 is 5.86. The maximum atomic E-state index is 12.9. The predicted octanol–water partition coefficient (Wildman–Crippen LogP) is 3.46. The number of nitro groups is 1. The SMILES string of the molecule is CS(=O)(=O)c1ccc(-n2ncc3c(OC4CCN(C(=O)c5ccc(Cl)c([N+](=O)[O-])c5)CC4)ncnc32)cc1. The fourth-order valence-electron chi connectivity index (χ4n) is 4.24. The molecular formula is C24H21ClN6O6S. The molecule has 0 unspecified atom stereocenters. The molecule has 5 rings (SSSR count). The molecule has 38 heavy (non-hydrogen) atoms. The van der Waals surface area contributed by atoms with Gasteiger partial charge in [0.15, 0.2) is 15.5 Å². The minimum Gasteiger partial charge on any atom is -0.474 e. The van der Waals surface area contributed by atoms with Gasteiger partial charge in [-0.15, -0.1) is 0 Å². The van der Waals surface area contributed by atoms with Crippen LogP contribution in [0.3, 0.4) is 0 Å². The van der Waals surface area contributed by atoms with Crippen LogP contribution in [0.15, 0.2) is 59.9 Å². The Bertz CT molecular complexity index is 1650. The number of ether oxygens (including phenoxy) is 1. The number of nitrogens with zero attached hydrogens (tertiary/aromatic N) is 6. The lowest BCUT2D eigenvalue weighted by Crippen LogP contribution is -2.41. The minimum absolute atomic E-state index is 0.0240. The lowest BCUT2D eigenvalue weighted by Gasteiger charge is -2.32. The molecule has 1 aliphatic rings. The van der Waals surface area contributed by atoms with E-state index in [4.69, 9.17) is 16.3 Å². The first kappa shape index (κ1) is 25.5. The van der Waals surface area contributed by atoms with Crippen molar-refractivity contribution in [3.8, 4) is 11.6 Å². The van der Waals surface area contributed by atoms with Crippen LogP contribution < -0.4 is 4.74 Å². The fourth-order valence-corrected chi connectivity index (χ4v) is 5.06. The highest BCUT2D eigenvalue weighted by molar-refractivity contribution is 7.90. The van der Waals surface area contributed by atoms with Gasteiger partial charge in [0.2, 0.25) is 5.88 Å². The Balaban J connectivity index is 1.28. The van der Waals surface area contributed by atoms with Gasteiger partial charge in [0, 0.05) is 43.8 Å². The Morgan fingerprint density at radius 3 is 2.50 bits per heavy atom. The summed E-state index contributed by atoms with van der Waals surface area (Å²) < 4.78 is 31.2. The molecule has 14 heteroatoms. The highest BCUT2D eigenvalue weighted by Crippen LogP contribution is 2.28. The number of hydrogen-bond acceptors (Lipinski definition) is 9. The van der Waals surface area contributed by atoms with Gasteiger partial charge in [-0.05, 0) is 36.4 Å². The van der Waals surface area contributed by atoms with E-state index in [1.54, 1.807) is 27.9 Å². The van der Waals surface area contributed by atoms with E-state index in [1.165, 1.54) is 36.7 Å². The molecule has 0 bridgehead atoms. The largest absolute Gasteiger partial charge is 0.474 e. The van der Waals surface area contributed by atoms with Crippen LogP contribution in [0.1, 0.15) is 23.2 Å². The van der Waals surface area contributed by atoms with Gasteiger partial charge >= 0.3 is 0 Å². The van der Waals surface area contributed by atoms with E-state index < -0.39 is 14.8 Å². The molecule has 1 saturated heterocycles. The van der Waals surface area contributed by atoms with E-state index in [1.807, 2.05) is 0 Å². The second kappa shape index (κ2) is 9.99. The van der Waals surface area contributed by atoms with Crippen molar-refractivity contribution in [3.05, 3.63) is 75.7 Å². The third kappa shape index (κ3) is 5.02. The number of nitro benzene ring substituents is 1. The monoisotopic (exact) mass is 556 g/mol. The van der Waals surface area contributed by atoms with Crippen LogP contribution in [0.4, 0.5) is 5.69 Å². The van der Waals surface area contributed by atoms with Gasteiger partial charge in [0.1, 0.15) is 22.8 Å². The van der Waals surface area contributed by atoms with Gasteiger partial charge in [-0.1, -0.05) is 11.6 Å². The Morgan fingerprint density at radius 1 is 1.13 bits per heavy atom. The van der Waals surface area contributed by atoms with Crippen LogP contribution in [0, 0.1) is 10.1 Å². The first-order chi connectivity index (χ1) is 18.1. The molecule has 0 N–H and O–H groups in total. The van der Waals surface area contributed by atoms with Crippen LogP contribution in [0.25, 0.3) is 16.7 Å². The average Bonchev–Trinajstić information content (AvgIpc) is 3.34. The maximum Gasteiger partial charge on any atom is 0.288 e. The number of fused-ring (bicyclic) bond motifs is 1. The molecule has 0 atom stereocenters. The number of amides is 1. The quantitative estimate of drug-likeness (QED) is 0.257. The molecule has 1 aliphatic heterocycles. The van der Waals surface area contributed by atoms with Gasteiger partial charge < -0.3 is 9.64 Å². The molecule has 0 saturated carbocycles. The molecular weight excluding hydrogens is 536 g/mol. The van der Waals surface area contributed by atoms with Crippen LogP contribution in [-0.2, 0) is 9.84 Å². The summed E-state index contributed by atoms with van der Waals surface area (Å²) in [6, 6.07) is 10.3. The maximum absolute atomic E-state index is 12.9. The van der Waals surface area contributed by atoms with E-state index in [9.17, 15) is 23.3 Å². The highest BCUT2D eigenvalue weighted by Gasteiger charge is 2.27. The molecule has 1 fully saturated rings. The third-order valence-electron chi connectivity index (χ3n) is 6.24. The molecule has 4 aromatic rings. The standard InChI is InChI=1S/C24H21ClN6O6S/c1-38(35,36)18-5-3-16(4-6-18)30-22-19(13-28-30)23(27-14-26-22)37-17-8-10-29(11-9-17)24(32)15-2-7-20(25)21(12-15)31(33)34/h2-7,12-14,17H,8-11H2,1H3. The molecule has 2 aromatic heterocycles.